The van der Waals surface area contributed by atoms with Crippen LogP contribution in [0.5, 0.6) is 0 Å². The molecule has 0 unspecified atom stereocenters. The van der Waals surface area contributed by atoms with Crippen molar-refractivity contribution in [3.05, 3.63) is 35.4 Å². The van der Waals surface area contributed by atoms with Gasteiger partial charge in [0.25, 0.3) is 5.91 Å². The van der Waals surface area contributed by atoms with Gasteiger partial charge in [0.2, 0.25) is 0 Å². The van der Waals surface area contributed by atoms with E-state index in [1.54, 1.807) is 6.92 Å². The van der Waals surface area contributed by atoms with Crippen LogP contribution in [0.3, 0.4) is 0 Å². The summed E-state index contributed by atoms with van der Waals surface area (Å²) in [5, 5.41) is 0. The first-order chi connectivity index (χ1) is 8.41. The van der Waals surface area contributed by atoms with Crippen LogP contribution in [-0.2, 0) is 6.18 Å². The molecule has 0 saturated carbocycles. The molecule has 0 spiro atoms. The zero-order chi connectivity index (χ0) is 13.8. The van der Waals surface area contributed by atoms with Gasteiger partial charge in [0.15, 0.2) is 0 Å². The van der Waals surface area contributed by atoms with E-state index in [-0.39, 0.29) is 18.7 Å². The Bertz CT molecular complexity index is 474. The summed E-state index contributed by atoms with van der Waals surface area (Å²) in [6.07, 6.45) is 0.525. The monoisotopic (exact) mass is 255 g/mol. The first kappa shape index (κ1) is 14.1. The number of nitrogens with zero attached hydrogens (tertiary/aromatic N) is 1. The second-order valence-electron chi connectivity index (χ2n) is 3.57. The number of halogens is 3. The van der Waals surface area contributed by atoms with Gasteiger partial charge in [-0.2, -0.15) is 13.2 Å². The summed E-state index contributed by atoms with van der Waals surface area (Å²) >= 11 is 0. The van der Waals surface area contributed by atoms with Gasteiger partial charge in [0.05, 0.1) is 17.7 Å². The molecule has 96 valence electrons. The van der Waals surface area contributed by atoms with E-state index in [0.717, 1.165) is 12.1 Å². The number of rotatable bonds is 3. The highest BCUT2D eigenvalue weighted by molar-refractivity contribution is 5.96. The maximum atomic E-state index is 12.8. The zero-order valence-electron chi connectivity index (χ0n) is 9.79. The van der Waals surface area contributed by atoms with Crippen molar-refractivity contribution in [1.82, 2.24) is 4.90 Å². The van der Waals surface area contributed by atoms with Crippen LogP contribution in [0, 0.1) is 12.3 Å². The van der Waals surface area contributed by atoms with E-state index in [1.807, 2.05) is 0 Å². The summed E-state index contributed by atoms with van der Waals surface area (Å²) in [6.45, 7) is 1.90. The fourth-order valence-electron chi connectivity index (χ4n) is 1.52. The summed E-state index contributed by atoms with van der Waals surface area (Å²) in [4.78, 5) is 13.1. The summed E-state index contributed by atoms with van der Waals surface area (Å²) in [5.41, 5.74) is -1.31. The van der Waals surface area contributed by atoms with Crippen LogP contribution < -0.4 is 0 Å². The lowest BCUT2D eigenvalue weighted by Crippen LogP contribution is -2.32. The summed E-state index contributed by atoms with van der Waals surface area (Å²) in [7, 11) is 0. The quantitative estimate of drug-likeness (QED) is 0.760. The van der Waals surface area contributed by atoms with Crippen molar-refractivity contribution < 1.29 is 18.0 Å². The Morgan fingerprint density at radius 2 is 2.00 bits per heavy atom. The fourth-order valence-corrected chi connectivity index (χ4v) is 1.52. The van der Waals surface area contributed by atoms with Crippen molar-refractivity contribution in [1.29, 1.82) is 0 Å². The molecule has 1 rings (SSSR count). The summed E-state index contributed by atoms with van der Waals surface area (Å²) in [5.74, 6) is 1.55. The first-order valence-electron chi connectivity index (χ1n) is 5.30. The highest BCUT2D eigenvalue weighted by Gasteiger charge is 2.35. The molecule has 1 amide bonds. The van der Waals surface area contributed by atoms with E-state index in [2.05, 4.69) is 5.92 Å². The zero-order valence-corrected chi connectivity index (χ0v) is 9.79. The van der Waals surface area contributed by atoms with Crippen LogP contribution in [0.25, 0.3) is 0 Å². The van der Waals surface area contributed by atoms with Gasteiger partial charge >= 0.3 is 6.18 Å². The standard InChI is InChI=1S/C13H12F3NO/c1-3-9-17(4-2)12(18)10-7-5-6-8-11(10)13(14,15)16/h1,5-8H,4,9H2,2H3. The molecule has 0 fully saturated rings. The van der Waals surface area contributed by atoms with E-state index in [9.17, 15) is 18.0 Å². The Morgan fingerprint density at radius 3 is 2.50 bits per heavy atom. The van der Waals surface area contributed by atoms with Crippen molar-refractivity contribution in [3.8, 4) is 12.3 Å². The van der Waals surface area contributed by atoms with E-state index in [1.165, 1.54) is 17.0 Å². The molecule has 0 N–H and O–H groups in total. The minimum Gasteiger partial charge on any atom is -0.328 e. The Balaban J connectivity index is 3.18. The molecule has 0 atom stereocenters. The third-order valence-corrected chi connectivity index (χ3v) is 2.41. The lowest BCUT2D eigenvalue weighted by Gasteiger charge is -2.20. The molecule has 1 aromatic carbocycles. The molecular weight excluding hydrogens is 243 g/mol. The van der Waals surface area contributed by atoms with Crippen molar-refractivity contribution in [3.63, 3.8) is 0 Å². The number of terminal acetylenes is 1. The van der Waals surface area contributed by atoms with Crippen molar-refractivity contribution >= 4 is 5.91 Å². The molecule has 0 heterocycles. The molecule has 0 aliphatic heterocycles. The molecule has 0 bridgehead atoms. The number of carbonyl (C=O) groups excluding carboxylic acids is 1. The molecule has 2 nitrogen and oxygen atoms in total. The highest BCUT2D eigenvalue weighted by Crippen LogP contribution is 2.32. The molecule has 0 radical (unpaired) electrons. The molecule has 1 aromatic rings. The molecule has 0 aliphatic carbocycles. The Labute approximate surface area is 103 Å². The van der Waals surface area contributed by atoms with E-state index in [0.29, 0.717) is 0 Å². The minimum atomic E-state index is -4.55. The van der Waals surface area contributed by atoms with Gasteiger partial charge in [0.1, 0.15) is 0 Å². The minimum absolute atomic E-state index is 0.0124. The van der Waals surface area contributed by atoms with Gasteiger partial charge in [0, 0.05) is 6.54 Å². The lowest BCUT2D eigenvalue weighted by molar-refractivity contribution is -0.138. The number of carbonyl (C=O) groups is 1. The SMILES string of the molecule is C#CCN(CC)C(=O)c1ccccc1C(F)(F)F. The van der Waals surface area contributed by atoms with Gasteiger partial charge in [-0.3, -0.25) is 4.79 Å². The van der Waals surface area contributed by atoms with E-state index >= 15 is 0 Å². The Morgan fingerprint density at radius 1 is 1.39 bits per heavy atom. The topological polar surface area (TPSA) is 20.3 Å². The molecule has 0 aromatic heterocycles. The third kappa shape index (κ3) is 3.04. The number of alkyl halides is 3. The van der Waals surface area contributed by atoms with Crippen LogP contribution in [0.15, 0.2) is 24.3 Å². The normalized spacial score (nSPS) is 10.8. The predicted molar refractivity (Wildman–Crippen MR) is 61.9 cm³/mol. The van der Waals surface area contributed by atoms with Crippen LogP contribution in [-0.4, -0.2) is 23.9 Å². The highest BCUT2D eigenvalue weighted by atomic mass is 19.4. The second-order valence-corrected chi connectivity index (χ2v) is 3.57. The predicted octanol–water partition coefficient (Wildman–Crippen LogP) is 2.80. The molecule has 0 saturated heterocycles. The van der Waals surface area contributed by atoms with Crippen molar-refractivity contribution in [2.24, 2.45) is 0 Å². The number of hydrogen-bond donors (Lipinski definition) is 0. The van der Waals surface area contributed by atoms with Gasteiger partial charge in [-0.15, -0.1) is 6.42 Å². The fraction of sp³-hybridized carbons (Fsp3) is 0.308. The van der Waals surface area contributed by atoms with Gasteiger partial charge in [-0.05, 0) is 19.1 Å². The molecule has 18 heavy (non-hydrogen) atoms. The number of hydrogen-bond acceptors (Lipinski definition) is 1. The van der Waals surface area contributed by atoms with Crippen LogP contribution in [0.2, 0.25) is 0 Å². The third-order valence-electron chi connectivity index (χ3n) is 2.41. The average Bonchev–Trinajstić information content (AvgIpc) is 2.34. The van der Waals surface area contributed by atoms with Gasteiger partial charge < -0.3 is 4.90 Å². The van der Waals surface area contributed by atoms with E-state index < -0.39 is 17.6 Å². The van der Waals surface area contributed by atoms with Gasteiger partial charge in [-0.1, -0.05) is 18.1 Å². The van der Waals surface area contributed by atoms with Crippen LogP contribution >= 0.6 is 0 Å². The van der Waals surface area contributed by atoms with Crippen LogP contribution in [0.4, 0.5) is 13.2 Å². The molecule has 5 heteroatoms. The smallest absolute Gasteiger partial charge is 0.328 e. The largest absolute Gasteiger partial charge is 0.417 e. The van der Waals surface area contributed by atoms with E-state index in [4.69, 9.17) is 6.42 Å². The lowest BCUT2D eigenvalue weighted by atomic mass is 10.1. The number of amides is 1. The number of benzene rings is 1. The van der Waals surface area contributed by atoms with Crippen molar-refractivity contribution in [2.75, 3.05) is 13.1 Å². The van der Waals surface area contributed by atoms with Crippen LogP contribution in [0.1, 0.15) is 22.8 Å². The average molecular weight is 255 g/mol. The Hall–Kier alpha value is -1.96. The molecular formula is C13H12F3NO. The maximum Gasteiger partial charge on any atom is 0.417 e. The maximum absolute atomic E-state index is 12.8. The molecule has 0 aliphatic rings. The van der Waals surface area contributed by atoms with Gasteiger partial charge in [-0.25, -0.2) is 0 Å². The van der Waals surface area contributed by atoms with Crippen molar-refractivity contribution in [2.45, 2.75) is 13.1 Å². The second kappa shape index (κ2) is 5.58. The summed E-state index contributed by atoms with van der Waals surface area (Å²) in [6, 6.07) is 4.69. The first-order valence-corrected chi connectivity index (χ1v) is 5.30. The summed E-state index contributed by atoms with van der Waals surface area (Å²) < 4.78 is 38.3. The Kier molecular flexibility index (Phi) is 4.38.